The average molecular weight is 342 g/mol. The smallest absolute Gasteiger partial charge is 0.271 e. The van der Waals surface area contributed by atoms with Crippen LogP contribution in [0.3, 0.4) is 0 Å². The summed E-state index contributed by atoms with van der Waals surface area (Å²) in [4.78, 5) is 34.0. The zero-order valence-corrected chi connectivity index (χ0v) is 14.4. The van der Waals surface area contributed by atoms with Crippen LogP contribution in [-0.4, -0.2) is 20.4 Å². The van der Waals surface area contributed by atoms with E-state index in [1.807, 2.05) is 0 Å². The van der Waals surface area contributed by atoms with Crippen LogP contribution in [0, 0.1) is 0 Å². The van der Waals surface area contributed by atoms with E-state index >= 15 is 0 Å². The number of nitrogens with two attached hydrogens (primary N) is 1. The molecular weight excluding hydrogens is 324 g/mol. The minimum Gasteiger partial charge on any atom is -0.368 e. The molecule has 1 aliphatic rings. The molecule has 24 heavy (non-hydrogen) atoms. The van der Waals surface area contributed by atoms with Crippen molar-refractivity contribution in [1.29, 1.82) is 0 Å². The van der Waals surface area contributed by atoms with Crippen LogP contribution in [0.4, 0.5) is 0 Å². The Morgan fingerprint density at radius 2 is 2.12 bits per heavy atom. The van der Waals surface area contributed by atoms with Gasteiger partial charge in [-0.15, -0.1) is 11.3 Å². The molecule has 0 bridgehead atoms. The van der Waals surface area contributed by atoms with Crippen molar-refractivity contribution in [2.75, 3.05) is 0 Å². The largest absolute Gasteiger partial charge is 0.368 e. The highest BCUT2D eigenvalue weighted by atomic mass is 32.1. The van der Waals surface area contributed by atoms with E-state index in [-0.39, 0.29) is 12.1 Å². The fourth-order valence-corrected chi connectivity index (χ4v) is 4.69. The molecule has 124 valence electrons. The zero-order valence-electron chi connectivity index (χ0n) is 13.6. The Morgan fingerprint density at radius 1 is 1.38 bits per heavy atom. The van der Waals surface area contributed by atoms with Crippen molar-refractivity contribution < 1.29 is 4.79 Å². The first kappa shape index (κ1) is 15.3. The van der Waals surface area contributed by atoms with E-state index < -0.39 is 5.91 Å². The molecule has 0 unspecified atom stereocenters. The maximum Gasteiger partial charge on any atom is 0.271 e. The number of hydrogen-bond acceptors (Lipinski definition) is 5. The maximum atomic E-state index is 12.7. The standard InChI is InChI=1S/C17H18N4O2S/c1-8(2)13-10-5-3-4-9(10)12-14-15(24-16(12)20-13)17(23)21(7-19-14)6-11(18)22/h7-8H,3-6H2,1-2H3,(H2,18,22). The number of carbonyl (C=O) groups excluding carboxylic acids is 1. The van der Waals surface area contributed by atoms with Crippen LogP contribution in [0.2, 0.25) is 0 Å². The van der Waals surface area contributed by atoms with Gasteiger partial charge in [0.15, 0.2) is 0 Å². The second kappa shape index (κ2) is 5.37. The summed E-state index contributed by atoms with van der Waals surface area (Å²) in [6.07, 6.45) is 4.58. The van der Waals surface area contributed by atoms with Crippen LogP contribution >= 0.6 is 11.3 Å². The Hall–Kier alpha value is -2.28. The number of aromatic nitrogens is 3. The van der Waals surface area contributed by atoms with Crippen LogP contribution in [0.5, 0.6) is 0 Å². The number of primary amides is 1. The van der Waals surface area contributed by atoms with Crippen LogP contribution in [-0.2, 0) is 24.2 Å². The number of pyridine rings is 1. The van der Waals surface area contributed by atoms with Gasteiger partial charge in [0.05, 0.1) is 11.8 Å². The van der Waals surface area contributed by atoms with Crippen molar-refractivity contribution in [3.8, 4) is 0 Å². The molecule has 0 aromatic carbocycles. The van der Waals surface area contributed by atoms with Crippen LogP contribution in [0.15, 0.2) is 11.1 Å². The average Bonchev–Trinajstić information content (AvgIpc) is 3.12. The molecule has 1 amide bonds. The van der Waals surface area contributed by atoms with Crippen molar-refractivity contribution in [2.24, 2.45) is 5.73 Å². The molecule has 3 aromatic rings. The number of rotatable bonds is 3. The summed E-state index contributed by atoms with van der Waals surface area (Å²) >= 11 is 1.37. The van der Waals surface area contributed by atoms with E-state index in [2.05, 4.69) is 18.8 Å². The maximum absolute atomic E-state index is 12.7. The van der Waals surface area contributed by atoms with E-state index in [0.29, 0.717) is 16.1 Å². The molecule has 0 atom stereocenters. The fraction of sp³-hybridized carbons (Fsp3) is 0.412. The molecule has 0 spiro atoms. The SMILES string of the molecule is CC(C)c1nc2sc3c(=O)n(CC(N)=O)cnc3c2c2c1CCC2. The van der Waals surface area contributed by atoms with Gasteiger partial charge in [-0.1, -0.05) is 13.8 Å². The lowest BCUT2D eigenvalue weighted by Gasteiger charge is -2.11. The van der Waals surface area contributed by atoms with Gasteiger partial charge in [-0.2, -0.15) is 0 Å². The molecule has 0 saturated carbocycles. The van der Waals surface area contributed by atoms with Crippen LogP contribution in [0.25, 0.3) is 20.4 Å². The lowest BCUT2D eigenvalue weighted by molar-refractivity contribution is -0.118. The molecule has 0 saturated heterocycles. The van der Waals surface area contributed by atoms with Crippen molar-refractivity contribution in [1.82, 2.24) is 14.5 Å². The molecule has 1 aliphatic carbocycles. The first-order valence-electron chi connectivity index (χ1n) is 8.09. The lowest BCUT2D eigenvalue weighted by atomic mass is 9.99. The van der Waals surface area contributed by atoms with Crippen LogP contribution in [0.1, 0.15) is 43.0 Å². The van der Waals surface area contributed by atoms with Gasteiger partial charge in [0.2, 0.25) is 5.91 Å². The first-order chi connectivity index (χ1) is 11.5. The second-order valence-electron chi connectivity index (χ2n) is 6.57. The normalized spacial score (nSPS) is 14.0. The fourth-order valence-electron chi connectivity index (χ4n) is 3.58. The predicted octanol–water partition coefficient (Wildman–Crippen LogP) is 2.10. The summed E-state index contributed by atoms with van der Waals surface area (Å²) in [5.41, 5.74) is 9.46. The lowest BCUT2D eigenvalue weighted by Crippen LogP contribution is -2.27. The Labute approximate surface area is 142 Å². The van der Waals surface area contributed by atoms with Gasteiger partial charge in [0.25, 0.3) is 5.56 Å². The molecule has 0 aliphatic heterocycles. The third kappa shape index (κ3) is 2.15. The van der Waals surface area contributed by atoms with Gasteiger partial charge in [-0.25, -0.2) is 9.97 Å². The molecule has 0 radical (unpaired) electrons. The summed E-state index contributed by atoms with van der Waals surface area (Å²) in [5.74, 6) is -0.202. The number of amides is 1. The monoisotopic (exact) mass is 342 g/mol. The minimum absolute atomic E-state index is 0.154. The molecule has 4 rings (SSSR count). The van der Waals surface area contributed by atoms with Gasteiger partial charge in [0.1, 0.15) is 16.1 Å². The molecule has 3 aromatic heterocycles. The summed E-state index contributed by atoms with van der Waals surface area (Å²) in [7, 11) is 0. The summed E-state index contributed by atoms with van der Waals surface area (Å²) in [6, 6.07) is 0. The molecule has 7 heteroatoms. The summed E-state index contributed by atoms with van der Waals surface area (Å²) in [5, 5.41) is 1.02. The van der Waals surface area contributed by atoms with Crippen molar-refractivity contribution in [3.05, 3.63) is 33.5 Å². The highest BCUT2D eigenvalue weighted by molar-refractivity contribution is 7.25. The van der Waals surface area contributed by atoms with Crippen molar-refractivity contribution in [3.63, 3.8) is 0 Å². The quantitative estimate of drug-likeness (QED) is 0.789. The van der Waals surface area contributed by atoms with Gasteiger partial charge < -0.3 is 5.73 Å². The van der Waals surface area contributed by atoms with Crippen molar-refractivity contribution in [2.45, 2.75) is 45.6 Å². The number of fused-ring (bicyclic) bond motifs is 5. The summed E-state index contributed by atoms with van der Waals surface area (Å²) < 4.78 is 1.82. The first-order valence-corrected chi connectivity index (χ1v) is 8.90. The topological polar surface area (TPSA) is 90.9 Å². The second-order valence-corrected chi connectivity index (χ2v) is 7.57. The highest BCUT2D eigenvalue weighted by Crippen LogP contribution is 2.39. The zero-order chi connectivity index (χ0) is 17.0. The van der Waals surface area contributed by atoms with Crippen LogP contribution < -0.4 is 11.3 Å². The van der Waals surface area contributed by atoms with E-state index in [4.69, 9.17) is 10.7 Å². The van der Waals surface area contributed by atoms with Gasteiger partial charge >= 0.3 is 0 Å². The van der Waals surface area contributed by atoms with Gasteiger partial charge in [0, 0.05) is 11.1 Å². The van der Waals surface area contributed by atoms with Crippen molar-refractivity contribution >= 4 is 37.7 Å². The molecule has 2 N–H and O–H groups in total. The third-order valence-corrected chi connectivity index (χ3v) is 5.63. The highest BCUT2D eigenvalue weighted by Gasteiger charge is 2.25. The van der Waals surface area contributed by atoms with E-state index in [1.54, 1.807) is 0 Å². The molecule has 3 heterocycles. The Kier molecular flexibility index (Phi) is 3.42. The number of thiophene rings is 1. The molecule has 6 nitrogen and oxygen atoms in total. The van der Waals surface area contributed by atoms with Gasteiger partial charge in [-0.05, 0) is 36.3 Å². The number of aryl methyl sites for hydroxylation is 1. The summed E-state index contributed by atoms with van der Waals surface area (Å²) in [6.45, 7) is 4.15. The van der Waals surface area contributed by atoms with E-state index in [1.165, 1.54) is 33.4 Å². The molecular formula is C17H18N4O2S. The Morgan fingerprint density at radius 3 is 2.83 bits per heavy atom. The Bertz CT molecular complexity index is 1050. The minimum atomic E-state index is -0.555. The Balaban J connectivity index is 2.07. The third-order valence-electron chi connectivity index (χ3n) is 4.57. The van der Waals surface area contributed by atoms with E-state index in [9.17, 15) is 9.59 Å². The van der Waals surface area contributed by atoms with Gasteiger partial charge in [-0.3, -0.25) is 14.2 Å². The molecule has 0 fully saturated rings. The number of nitrogens with zero attached hydrogens (tertiary/aromatic N) is 3. The number of hydrogen-bond donors (Lipinski definition) is 1. The predicted molar refractivity (Wildman–Crippen MR) is 94.5 cm³/mol. The number of carbonyl (C=O) groups is 1. The van der Waals surface area contributed by atoms with E-state index in [0.717, 1.165) is 35.2 Å².